The lowest BCUT2D eigenvalue weighted by atomic mass is 10.2. The number of hydrogen-bond donors (Lipinski definition) is 0. The first kappa shape index (κ1) is 17.1. The van der Waals surface area contributed by atoms with Crippen LogP contribution in [-0.4, -0.2) is 51.7 Å². The fourth-order valence-corrected chi connectivity index (χ4v) is 3.18. The summed E-state index contributed by atoms with van der Waals surface area (Å²) in [5.74, 6) is -0.125. The van der Waals surface area contributed by atoms with E-state index >= 15 is 0 Å². The van der Waals surface area contributed by atoms with E-state index in [4.69, 9.17) is 0 Å². The summed E-state index contributed by atoms with van der Waals surface area (Å²) >= 11 is 3.35. The lowest BCUT2D eigenvalue weighted by Gasteiger charge is -2.36. The quantitative estimate of drug-likeness (QED) is 0.800. The molecule has 1 atom stereocenters. The lowest BCUT2D eigenvalue weighted by molar-refractivity contribution is -0.136. The zero-order valence-corrected chi connectivity index (χ0v) is 15.1. The number of aromatic nitrogens is 2. The van der Waals surface area contributed by atoms with Crippen LogP contribution in [0.1, 0.15) is 18.5 Å². The summed E-state index contributed by atoms with van der Waals surface area (Å²) in [6.45, 7) is 5.69. The van der Waals surface area contributed by atoms with Gasteiger partial charge in [-0.3, -0.25) is 14.4 Å². The SMILES string of the molecule is CC(C(=O)N1CCN(Cc2ccc(F)cc2)CC1)n1cc(Br)cn1. The van der Waals surface area contributed by atoms with Gasteiger partial charge in [0.15, 0.2) is 0 Å². The van der Waals surface area contributed by atoms with Gasteiger partial charge >= 0.3 is 0 Å². The number of halogens is 2. The van der Waals surface area contributed by atoms with E-state index in [9.17, 15) is 9.18 Å². The van der Waals surface area contributed by atoms with Crippen molar-refractivity contribution in [3.63, 3.8) is 0 Å². The van der Waals surface area contributed by atoms with Gasteiger partial charge in [-0.25, -0.2) is 4.39 Å². The molecule has 1 aromatic carbocycles. The van der Waals surface area contributed by atoms with E-state index in [1.54, 1.807) is 10.9 Å². The molecule has 1 unspecified atom stereocenters. The largest absolute Gasteiger partial charge is 0.338 e. The molecule has 7 heteroatoms. The summed E-state index contributed by atoms with van der Waals surface area (Å²) < 4.78 is 15.5. The summed E-state index contributed by atoms with van der Waals surface area (Å²) in [5, 5.41) is 4.19. The molecule has 2 heterocycles. The van der Waals surface area contributed by atoms with Gasteiger partial charge in [0.1, 0.15) is 11.9 Å². The van der Waals surface area contributed by atoms with Crippen LogP contribution in [0.4, 0.5) is 4.39 Å². The van der Waals surface area contributed by atoms with Crippen molar-refractivity contribution in [1.29, 1.82) is 0 Å². The lowest BCUT2D eigenvalue weighted by Crippen LogP contribution is -2.49. The Hall–Kier alpha value is -1.73. The van der Waals surface area contributed by atoms with E-state index in [2.05, 4.69) is 25.9 Å². The van der Waals surface area contributed by atoms with Crippen LogP contribution in [-0.2, 0) is 11.3 Å². The van der Waals surface area contributed by atoms with E-state index in [0.717, 1.165) is 29.7 Å². The van der Waals surface area contributed by atoms with Crippen LogP contribution in [0.5, 0.6) is 0 Å². The van der Waals surface area contributed by atoms with Gasteiger partial charge in [-0.1, -0.05) is 12.1 Å². The summed E-state index contributed by atoms with van der Waals surface area (Å²) in [5.41, 5.74) is 1.09. The second-order valence-corrected chi connectivity index (χ2v) is 6.96. The second-order valence-electron chi connectivity index (χ2n) is 6.04. The first-order valence-electron chi connectivity index (χ1n) is 7.98. The Bertz CT molecular complexity index is 695. The summed E-state index contributed by atoms with van der Waals surface area (Å²) in [4.78, 5) is 16.8. The molecule has 1 fully saturated rings. The van der Waals surface area contributed by atoms with Crippen molar-refractivity contribution >= 4 is 21.8 Å². The third-order valence-electron chi connectivity index (χ3n) is 4.33. The van der Waals surface area contributed by atoms with Gasteiger partial charge in [0, 0.05) is 38.9 Å². The maximum absolute atomic E-state index is 13.0. The minimum absolute atomic E-state index is 0.0898. The molecule has 0 N–H and O–H groups in total. The molecule has 128 valence electrons. The van der Waals surface area contributed by atoms with Gasteiger partial charge in [-0.05, 0) is 40.5 Å². The van der Waals surface area contributed by atoms with E-state index in [-0.39, 0.29) is 17.8 Å². The molecule has 0 aliphatic carbocycles. The number of nitrogens with zero attached hydrogens (tertiary/aromatic N) is 4. The summed E-state index contributed by atoms with van der Waals surface area (Å²) in [6, 6.07) is 6.28. The van der Waals surface area contributed by atoms with Crippen LogP contribution in [0.25, 0.3) is 0 Å². The minimum atomic E-state index is -0.306. The third kappa shape index (κ3) is 4.02. The fourth-order valence-electron chi connectivity index (χ4n) is 2.88. The van der Waals surface area contributed by atoms with Crippen molar-refractivity contribution < 1.29 is 9.18 Å². The van der Waals surface area contributed by atoms with Crippen molar-refractivity contribution in [2.24, 2.45) is 0 Å². The topological polar surface area (TPSA) is 41.4 Å². The molecule has 0 radical (unpaired) electrons. The summed E-state index contributed by atoms with van der Waals surface area (Å²) in [7, 11) is 0. The third-order valence-corrected chi connectivity index (χ3v) is 4.74. The van der Waals surface area contributed by atoms with Crippen molar-refractivity contribution in [1.82, 2.24) is 19.6 Å². The van der Waals surface area contributed by atoms with Crippen molar-refractivity contribution in [3.8, 4) is 0 Å². The number of piperazine rings is 1. The van der Waals surface area contributed by atoms with Gasteiger partial charge < -0.3 is 4.90 Å². The zero-order valence-electron chi connectivity index (χ0n) is 13.5. The highest BCUT2D eigenvalue weighted by atomic mass is 79.9. The molecule has 1 aliphatic rings. The van der Waals surface area contributed by atoms with E-state index < -0.39 is 0 Å². The van der Waals surface area contributed by atoms with Crippen LogP contribution < -0.4 is 0 Å². The van der Waals surface area contributed by atoms with Crippen LogP contribution in [0.15, 0.2) is 41.1 Å². The monoisotopic (exact) mass is 394 g/mol. The Morgan fingerprint density at radius 2 is 1.92 bits per heavy atom. The van der Waals surface area contributed by atoms with Crippen LogP contribution in [0.2, 0.25) is 0 Å². The van der Waals surface area contributed by atoms with Gasteiger partial charge in [0.2, 0.25) is 5.91 Å². The molecular weight excluding hydrogens is 375 g/mol. The number of benzene rings is 1. The van der Waals surface area contributed by atoms with E-state index in [0.29, 0.717) is 13.1 Å². The Balaban J connectivity index is 1.52. The molecule has 1 amide bonds. The standard InChI is InChI=1S/C17H20BrFN4O/c1-13(23-12-15(18)10-20-23)17(24)22-8-6-21(7-9-22)11-14-2-4-16(19)5-3-14/h2-5,10,12-13H,6-9,11H2,1H3. The average molecular weight is 395 g/mol. The van der Waals surface area contributed by atoms with Gasteiger partial charge in [-0.2, -0.15) is 5.10 Å². The molecule has 5 nitrogen and oxygen atoms in total. The molecule has 24 heavy (non-hydrogen) atoms. The predicted molar refractivity (Wildman–Crippen MR) is 92.9 cm³/mol. The maximum Gasteiger partial charge on any atom is 0.247 e. The van der Waals surface area contributed by atoms with E-state index in [1.165, 1.54) is 12.1 Å². The molecule has 0 bridgehead atoms. The minimum Gasteiger partial charge on any atom is -0.338 e. The highest BCUT2D eigenvalue weighted by molar-refractivity contribution is 9.10. The normalized spacial score (nSPS) is 17.0. The molecular formula is C17H20BrFN4O. The first-order chi connectivity index (χ1) is 11.5. The molecule has 0 saturated carbocycles. The van der Waals surface area contributed by atoms with Crippen molar-refractivity contribution in [2.45, 2.75) is 19.5 Å². The van der Waals surface area contributed by atoms with Gasteiger partial charge in [0.25, 0.3) is 0 Å². The molecule has 2 aromatic rings. The fraction of sp³-hybridized carbons (Fsp3) is 0.412. The first-order valence-corrected chi connectivity index (χ1v) is 8.77. The Kier molecular flexibility index (Phi) is 5.30. The smallest absolute Gasteiger partial charge is 0.247 e. The Morgan fingerprint density at radius 3 is 2.50 bits per heavy atom. The van der Waals surface area contributed by atoms with Crippen LogP contribution in [0, 0.1) is 5.82 Å². The molecule has 1 saturated heterocycles. The van der Waals surface area contributed by atoms with Gasteiger partial charge in [-0.15, -0.1) is 0 Å². The maximum atomic E-state index is 13.0. The molecule has 1 aliphatic heterocycles. The molecule has 1 aromatic heterocycles. The number of carbonyl (C=O) groups excluding carboxylic acids is 1. The highest BCUT2D eigenvalue weighted by Gasteiger charge is 2.26. The van der Waals surface area contributed by atoms with Gasteiger partial charge in [0.05, 0.1) is 10.7 Å². The Morgan fingerprint density at radius 1 is 1.25 bits per heavy atom. The average Bonchev–Trinajstić information content (AvgIpc) is 3.03. The molecule has 0 spiro atoms. The van der Waals surface area contributed by atoms with Crippen LogP contribution >= 0.6 is 15.9 Å². The van der Waals surface area contributed by atoms with E-state index in [1.807, 2.05) is 30.2 Å². The zero-order chi connectivity index (χ0) is 17.1. The molecule has 3 rings (SSSR count). The number of rotatable bonds is 4. The van der Waals surface area contributed by atoms with Crippen LogP contribution in [0.3, 0.4) is 0 Å². The second kappa shape index (κ2) is 7.44. The number of amides is 1. The Labute approximate surface area is 149 Å². The predicted octanol–water partition coefficient (Wildman–Crippen LogP) is 2.69. The summed E-state index contributed by atoms with van der Waals surface area (Å²) in [6.07, 6.45) is 3.50. The van der Waals surface area contributed by atoms with Crippen molar-refractivity contribution in [3.05, 3.63) is 52.5 Å². The highest BCUT2D eigenvalue weighted by Crippen LogP contribution is 2.16. The number of hydrogen-bond acceptors (Lipinski definition) is 3. The van der Waals surface area contributed by atoms with Crippen molar-refractivity contribution in [2.75, 3.05) is 26.2 Å². The number of carbonyl (C=O) groups is 1.